The minimum atomic E-state index is -4.32. The number of urea groups is 1. The Morgan fingerprint density at radius 1 is 0.875 bits per heavy atom. The van der Waals surface area contributed by atoms with Crippen LogP contribution in [-0.4, -0.2) is 96.6 Å². The van der Waals surface area contributed by atoms with E-state index >= 15 is 9.18 Å². The van der Waals surface area contributed by atoms with Crippen molar-refractivity contribution in [3.63, 3.8) is 0 Å². The average Bonchev–Trinajstić information content (AvgIpc) is 3.72. The van der Waals surface area contributed by atoms with Gasteiger partial charge in [-0.2, -0.15) is 0 Å². The minimum Gasteiger partial charge on any atom is -0.496 e. The summed E-state index contributed by atoms with van der Waals surface area (Å²) in [6.07, 6.45) is 1.28. The fourth-order valence-electron chi connectivity index (χ4n) is 10.5. The Morgan fingerprint density at radius 3 is 2.11 bits per heavy atom. The molecule has 6 atom stereocenters. The van der Waals surface area contributed by atoms with Gasteiger partial charge in [0.1, 0.15) is 28.8 Å². The monoisotopic (exact) mass is 1010 g/mol. The number of halogens is 1. The van der Waals surface area contributed by atoms with Crippen LogP contribution in [0.1, 0.15) is 100.0 Å². The molecular formula is C53H63BFN4O12P. The maximum atomic E-state index is 17.1. The molecule has 2 aliphatic heterocycles. The van der Waals surface area contributed by atoms with Gasteiger partial charge in [0.25, 0.3) is 0 Å². The zero-order valence-corrected chi connectivity index (χ0v) is 42.9. The number of carbonyl (C=O) groups is 5. The SMILES string of the molecule is CCN1CCN(C(=O)NC(C(=O)NC(Cc2cccc(C(=O)OC(C)(C)C)c2OC)B2O[C@@H]3C[C@@H]4C[C@@H](C4(C)C)[C@]3(C)O2)c2ccc(P(=O)(OCc3ccccc3)OCc3ccccc3)cc2F)C(=O)C1=O. The highest BCUT2D eigenvalue weighted by atomic mass is 31.2. The molecule has 382 valence electrons. The number of amides is 5. The van der Waals surface area contributed by atoms with Gasteiger partial charge < -0.3 is 43.4 Å². The molecule has 5 aliphatic rings. The van der Waals surface area contributed by atoms with Crippen molar-refractivity contribution < 1.29 is 60.8 Å². The van der Waals surface area contributed by atoms with Crippen LogP contribution < -0.4 is 20.7 Å². The number of likely N-dealkylation sites (N-methyl/N-ethyl adjacent to an activating group) is 1. The van der Waals surface area contributed by atoms with Gasteiger partial charge >= 0.3 is 38.5 Å². The molecule has 19 heteroatoms. The third kappa shape index (κ3) is 10.7. The molecular weight excluding hydrogens is 945 g/mol. The van der Waals surface area contributed by atoms with Gasteiger partial charge in [-0.1, -0.05) is 92.7 Å². The molecule has 2 unspecified atom stereocenters. The third-order valence-corrected chi connectivity index (χ3v) is 16.4. The van der Waals surface area contributed by atoms with Crippen LogP contribution in [0.4, 0.5) is 9.18 Å². The number of benzene rings is 4. The van der Waals surface area contributed by atoms with Crippen LogP contribution in [-0.2, 0) is 61.7 Å². The maximum Gasteiger partial charge on any atom is 0.482 e. The highest BCUT2D eigenvalue weighted by Crippen LogP contribution is 2.66. The van der Waals surface area contributed by atoms with Crippen LogP contribution in [0.25, 0.3) is 0 Å². The first-order valence-electron chi connectivity index (χ1n) is 24.4. The molecule has 2 saturated heterocycles. The lowest BCUT2D eigenvalue weighted by molar-refractivity contribution is -0.199. The number of carbonyl (C=O) groups excluding carboxylic acids is 5. The maximum absolute atomic E-state index is 17.1. The van der Waals surface area contributed by atoms with Crippen molar-refractivity contribution in [1.29, 1.82) is 0 Å². The zero-order valence-electron chi connectivity index (χ0n) is 42.0. The summed E-state index contributed by atoms with van der Waals surface area (Å²) in [5, 5.41) is 5.35. The predicted octanol–water partition coefficient (Wildman–Crippen LogP) is 7.48. The number of esters is 1. The molecule has 72 heavy (non-hydrogen) atoms. The van der Waals surface area contributed by atoms with Gasteiger partial charge in [0.15, 0.2) is 0 Å². The normalized spacial score (nSPS) is 22.3. The van der Waals surface area contributed by atoms with Crippen molar-refractivity contribution in [2.45, 2.75) is 110 Å². The number of nitrogens with zero attached hydrogens (tertiary/aromatic N) is 2. The molecule has 9 rings (SSSR count). The quantitative estimate of drug-likeness (QED) is 0.0460. The van der Waals surface area contributed by atoms with Crippen molar-refractivity contribution in [2.75, 3.05) is 26.7 Å². The third-order valence-electron chi connectivity index (χ3n) is 14.5. The van der Waals surface area contributed by atoms with E-state index in [0.717, 1.165) is 18.9 Å². The van der Waals surface area contributed by atoms with Gasteiger partial charge in [-0.05, 0) is 106 Å². The second-order valence-electron chi connectivity index (χ2n) is 20.6. The van der Waals surface area contributed by atoms with Gasteiger partial charge in [-0.15, -0.1) is 0 Å². The summed E-state index contributed by atoms with van der Waals surface area (Å²) in [6, 6.07) is 23.3. The van der Waals surface area contributed by atoms with Gasteiger partial charge in [0.2, 0.25) is 5.91 Å². The molecule has 0 spiro atoms. The lowest BCUT2D eigenvalue weighted by Gasteiger charge is -2.64. The van der Waals surface area contributed by atoms with Gasteiger partial charge in [-0.25, -0.2) is 14.0 Å². The molecule has 2 bridgehead atoms. The van der Waals surface area contributed by atoms with Crippen LogP contribution in [0.5, 0.6) is 5.75 Å². The van der Waals surface area contributed by atoms with E-state index in [1.807, 2.05) is 19.1 Å². The molecule has 4 aromatic carbocycles. The summed E-state index contributed by atoms with van der Waals surface area (Å²) in [5.74, 6) is -5.05. The summed E-state index contributed by atoms with van der Waals surface area (Å²) in [7, 11) is -3.99. The Morgan fingerprint density at radius 2 is 1.53 bits per heavy atom. The van der Waals surface area contributed by atoms with E-state index in [9.17, 15) is 23.7 Å². The number of imide groups is 1. The highest BCUT2D eigenvalue weighted by Gasteiger charge is 2.68. The fraction of sp³-hybridized carbons (Fsp3) is 0.453. The Kier molecular flexibility index (Phi) is 15.2. The molecule has 2 heterocycles. The van der Waals surface area contributed by atoms with Gasteiger partial charge in [-0.3, -0.25) is 23.8 Å². The van der Waals surface area contributed by atoms with E-state index in [1.54, 1.807) is 94.4 Å². The van der Waals surface area contributed by atoms with Crippen LogP contribution in [0.3, 0.4) is 0 Å². The predicted molar refractivity (Wildman–Crippen MR) is 265 cm³/mol. The Balaban J connectivity index is 1.16. The van der Waals surface area contributed by atoms with E-state index in [1.165, 1.54) is 24.1 Å². The summed E-state index contributed by atoms with van der Waals surface area (Å²) in [6.45, 7) is 13.2. The molecule has 0 aromatic heterocycles. The van der Waals surface area contributed by atoms with E-state index in [4.69, 9.17) is 27.8 Å². The number of hydrogen-bond acceptors (Lipinski definition) is 12. The smallest absolute Gasteiger partial charge is 0.482 e. The molecule has 3 aliphatic carbocycles. The van der Waals surface area contributed by atoms with Crippen molar-refractivity contribution >= 4 is 49.7 Å². The second-order valence-corrected chi connectivity index (χ2v) is 22.6. The summed E-state index contributed by atoms with van der Waals surface area (Å²) in [5.41, 5.74) is -0.00850. The Hall–Kier alpha value is -5.91. The van der Waals surface area contributed by atoms with Crippen LogP contribution in [0.15, 0.2) is 97.1 Å². The number of hydrogen-bond donors (Lipinski definition) is 2. The van der Waals surface area contributed by atoms with Crippen LogP contribution in [0.2, 0.25) is 0 Å². The summed E-state index contributed by atoms with van der Waals surface area (Å²) < 4.78 is 69.0. The van der Waals surface area contributed by atoms with E-state index in [2.05, 4.69) is 24.5 Å². The van der Waals surface area contributed by atoms with Gasteiger partial charge in [0.05, 0.1) is 43.3 Å². The van der Waals surface area contributed by atoms with Gasteiger partial charge in [0, 0.05) is 25.2 Å². The number of para-hydroxylation sites is 1. The lowest BCUT2D eigenvalue weighted by atomic mass is 9.43. The minimum absolute atomic E-state index is 0.0309. The lowest BCUT2D eigenvalue weighted by Crippen LogP contribution is -2.65. The van der Waals surface area contributed by atoms with Crippen LogP contribution in [0, 0.1) is 23.1 Å². The van der Waals surface area contributed by atoms with Crippen molar-refractivity contribution in [3.05, 3.63) is 131 Å². The van der Waals surface area contributed by atoms with E-state index in [0.29, 0.717) is 27.5 Å². The first-order chi connectivity index (χ1) is 34.2. The first-order valence-corrected chi connectivity index (χ1v) is 25.9. The first kappa shape index (κ1) is 52.4. The molecule has 4 aromatic rings. The zero-order chi connectivity index (χ0) is 51.8. The summed E-state index contributed by atoms with van der Waals surface area (Å²) >= 11 is 0. The molecule has 2 N–H and O–H groups in total. The largest absolute Gasteiger partial charge is 0.496 e. The molecule has 3 saturated carbocycles. The van der Waals surface area contributed by atoms with Crippen molar-refractivity contribution in [3.8, 4) is 5.75 Å². The Labute approximate surface area is 420 Å². The van der Waals surface area contributed by atoms with Crippen molar-refractivity contribution in [2.24, 2.45) is 17.3 Å². The highest BCUT2D eigenvalue weighted by molar-refractivity contribution is 7.62. The molecule has 16 nitrogen and oxygen atoms in total. The standard InChI is InChI=1S/C53H63BFN4O12P/c1-9-58-25-26-59(48(62)47(58)61)50(64)57-44(38-24-23-37(30-40(38)55)72(65,67-31-33-17-12-10-13-18-33)68-32-34-19-14-11-15-20-34)46(60)56-43(54-70-42-29-36-28-41(52(36,5)6)53(42,7)71-54)27-35-21-16-22-39(45(35)66-8)49(63)69-51(2,3)4/h10-24,30,36,41-44H,9,25-29,31-32H2,1-8H3,(H,56,60)(H,57,64)/t36-,41-,42+,43?,44?,53-/m0/s1. The number of ether oxygens (including phenoxy) is 2. The fourth-order valence-corrected chi connectivity index (χ4v) is 12.0. The van der Waals surface area contributed by atoms with Crippen molar-refractivity contribution in [1.82, 2.24) is 20.4 Å². The molecule has 5 amide bonds. The second kappa shape index (κ2) is 20.9. The number of rotatable bonds is 17. The average molecular weight is 1010 g/mol. The van der Waals surface area contributed by atoms with E-state index in [-0.39, 0.29) is 78.9 Å². The van der Waals surface area contributed by atoms with Crippen LogP contribution >= 0.6 is 7.60 Å². The number of methoxy groups -OCH3 is 1. The topological polar surface area (TPSA) is 188 Å². The number of nitrogens with one attached hydrogen (secondary N) is 2. The summed E-state index contributed by atoms with van der Waals surface area (Å²) in [4.78, 5) is 71.2. The number of piperazine rings is 1. The van der Waals surface area contributed by atoms with E-state index < -0.39 is 73.4 Å². The molecule has 5 fully saturated rings. The molecule has 0 radical (unpaired) electrons. The Bertz CT molecular complexity index is 2700.